The average Bonchev–Trinajstić information content (AvgIpc) is 2.87. The summed E-state index contributed by atoms with van der Waals surface area (Å²) in [6, 6.07) is 0. The number of carboxylic acids is 1. The molecule has 2 rings (SSSR count). The van der Waals surface area contributed by atoms with Gasteiger partial charge in [0.1, 0.15) is 0 Å². The molecule has 100 valence electrons. The van der Waals surface area contributed by atoms with Crippen molar-refractivity contribution in [1.29, 1.82) is 0 Å². The van der Waals surface area contributed by atoms with Crippen LogP contribution in [0.15, 0.2) is 5.38 Å². The molecular weight excluding hydrogens is 252 g/mol. The number of aromatic nitrogens is 1. The summed E-state index contributed by atoms with van der Waals surface area (Å²) in [7, 11) is 0. The van der Waals surface area contributed by atoms with Gasteiger partial charge in [-0.15, -0.1) is 11.3 Å². The number of aliphatic hydroxyl groups excluding tert-OH is 1. The number of carboxylic acid groups (broad SMARTS) is 1. The summed E-state index contributed by atoms with van der Waals surface area (Å²) in [5.41, 5.74) is 0.529. The number of carbonyl (C=O) groups is 1. The van der Waals surface area contributed by atoms with Gasteiger partial charge in [-0.1, -0.05) is 19.3 Å². The van der Waals surface area contributed by atoms with Gasteiger partial charge in [-0.25, -0.2) is 9.78 Å². The van der Waals surface area contributed by atoms with Crippen molar-refractivity contribution in [2.75, 3.05) is 6.61 Å². The molecule has 1 aromatic heterocycles. The van der Waals surface area contributed by atoms with E-state index in [0.717, 1.165) is 42.7 Å². The second-order valence-corrected chi connectivity index (χ2v) is 5.66. The highest BCUT2D eigenvalue weighted by molar-refractivity contribution is 7.11. The number of hydrogen-bond acceptors (Lipinski definition) is 5. The molecule has 1 aromatic rings. The van der Waals surface area contributed by atoms with Gasteiger partial charge in [-0.3, -0.25) is 0 Å². The van der Waals surface area contributed by atoms with E-state index in [1.165, 1.54) is 6.42 Å². The molecule has 0 unspecified atom stereocenters. The highest BCUT2D eigenvalue weighted by Crippen LogP contribution is 2.28. The van der Waals surface area contributed by atoms with E-state index < -0.39 is 5.97 Å². The number of aliphatic hydroxyl groups is 1. The van der Waals surface area contributed by atoms with Crippen molar-refractivity contribution < 1.29 is 15.0 Å². The Labute approximate surface area is 110 Å². The Morgan fingerprint density at radius 3 is 2.72 bits per heavy atom. The second-order valence-electron chi connectivity index (χ2n) is 4.80. The zero-order chi connectivity index (χ0) is 13.0. The highest BCUT2D eigenvalue weighted by Gasteiger charge is 2.30. The molecule has 0 bridgehead atoms. The van der Waals surface area contributed by atoms with E-state index in [1.807, 2.05) is 0 Å². The molecule has 1 fully saturated rings. The van der Waals surface area contributed by atoms with Gasteiger partial charge in [0, 0.05) is 17.5 Å². The van der Waals surface area contributed by atoms with E-state index in [9.17, 15) is 9.90 Å². The molecule has 5 nitrogen and oxygen atoms in total. The Hall–Kier alpha value is -0.980. The first kappa shape index (κ1) is 13.5. The van der Waals surface area contributed by atoms with E-state index in [4.69, 9.17) is 5.11 Å². The quantitative estimate of drug-likeness (QED) is 0.757. The lowest BCUT2D eigenvalue weighted by atomic mass is 9.82. The Kier molecular flexibility index (Phi) is 4.31. The summed E-state index contributed by atoms with van der Waals surface area (Å²) in [6.45, 7) is 0.646. The van der Waals surface area contributed by atoms with Gasteiger partial charge in [-0.05, 0) is 12.8 Å². The van der Waals surface area contributed by atoms with Gasteiger partial charge in [-0.2, -0.15) is 0 Å². The molecule has 0 radical (unpaired) electrons. The van der Waals surface area contributed by atoms with Crippen molar-refractivity contribution in [2.45, 2.75) is 44.2 Å². The minimum absolute atomic E-state index is 0.119. The maximum atomic E-state index is 10.7. The van der Waals surface area contributed by atoms with Gasteiger partial charge in [0.2, 0.25) is 5.01 Å². The summed E-state index contributed by atoms with van der Waals surface area (Å²) < 4.78 is 0. The summed E-state index contributed by atoms with van der Waals surface area (Å²) in [6.07, 6.45) is 5.43. The zero-order valence-electron chi connectivity index (χ0n) is 10.2. The van der Waals surface area contributed by atoms with E-state index >= 15 is 0 Å². The van der Waals surface area contributed by atoms with Crippen molar-refractivity contribution in [1.82, 2.24) is 10.3 Å². The summed E-state index contributed by atoms with van der Waals surface area (Å²) in [5, 5.41) is 23.6. The lowest BCUT2D eigenvalue weighted by Crippen LogP contribution is -2.49. The monoisotopic (exact) mass is 270 g/mol. The van der Waals surface area contributed by atoms with Crippen LogP contribution in [0.25, 0.3) is 0 Å². The predicted octanol–water partition coefficient (Wildman–Crippen LogP) is 1.63. The van der Waals surface area contributed by atoms with Gasteiger partial charge in [0.15, 0.2) is 0 Å². The van der Waals surface area contributed by atoms with Crippen molar-refractivity contribution in [3.05, 3.63) is 16.1 Å². The van der Waals surface area contributed by atoms with Crippen molar-refractivity contribution in [2.24, 2.45) is 0 Å². The van der Waals surface area contributed by atoms with Crippen LogP contribution in [0.2, 0.25) is 0 Å². The number of thiazole rings is 1. The van der Waals surface area contributed by atoms with E-state index in [0.29, 0.717) is 6.54 Å². The Balaban J connectivity index is 1.94. The van der Waals surface area contributed by atoms with E-state index in [1.54, 1.807) is 5.38 Å². The number of hydrogen-bond donors (Lipinski definition) is 3. The molecule has 0 spiro atoms. The smallest absolute Gasteiger partial charge is 0.365 e. The van der Waals surface area contributed by atoms with Crippen LogP contribution in [0, 0.1) is 0 Å². The van der Waals surface area contributed by atoms with Gasteiger partial charge in [0.25, 0.3) is 0 Å². The third-order valence-electron chi connectivity index (χ3n) is 3.49. The van der Waals surface area contributed by atoms with Crippen LogP contribution >= 0.6 is 11.3 Å². The number of nitrogens with one attached hydrogen (secondary N) is 1. The van der Waals surface area contributed by atoms with Crippen LogP contribution in [0.1, 0.15) is 47.6 Å². The molecule has 0 saturated heterocycles. The Morgan fingerprint density at radius 1 is 1.44 bits per heavy atom. The van der Waals surface area contributed by atoms with E-state index in [-0.39, 0.29) is 17.2 Å². The first-order valence-corrected chi connectivity index (χ1v) is 7.07. The fourth-order valence-corrected chi connectivity index (χ4v) is 3.04. The Bertz CT molecular complexity index is 413. The summed E-state index contributed by atoms with van der Waals surface area (Å²) in [5.74, 6) is -0.985. The van der Waals surface area contributed by atoms with Crippen molar-refractivity contribution in [3.63, 3.8) is 0 Å². The van der Waals surface area contributed by atoms with E-state index in [2.05, 4.69) is 10.3 Å². The number of nitrogens with zero attached hydrogens (tertiary/aromatic N) is 1. The fraction of sp³-hybridized carbons (Fsp3) is 0.667. The van der Waals surface area contributed by atoms with Crippen molar-refractivity contribution in [3.8, 4) is 0 Å². The van der Waals surface area contributed by atoms with Gasteiger partial charge in [0.05, 0.1) is 12.3 Å². The maximum Gasteiger partial charge on any atom is 0.365 e. The highest BCUT2D eigenvalue weighted by atomic mass is 32.1. The normalized spacial score (nSPS) is 18.7. The molecule has 0 amide bonds. The molecule has 0 aliphatic heterocycles. The minimum atomic E-state index is -0.985. The summed E-state index contributed by atoms with van der Waals surface area (Å²) in [4.78, 5) is 14.8. The molecule has 3 N–H and O–H groups in total. The van der Waals surface area contributed by atoms with Crippen LogP contribution in [-0.4, -0.2) is 33.3 Å². The van der Waals surface area contributed by atoms with Crippen LogP contribution < -0.4 is 5.32 Å². The van der Waals surface area contributed by atoms with Crippen molar-refractivity contribution >= 4 is 17.3 Å². The van der Waals surface area contributed by atoms with Gasteiger partial charge >= 0.3 is 5.97 Å². The largest absolute Gasteiger partial charge is 0.476 e. The number of rotatable bonds is 5. The fourth-order valence-electron chi connectivity index (χ4n) is 2.38. The molecule has 1 aliphatic rings. The SMILES string of the molecule is O=C(O)c1nc(CNC2(CO)CCCCC2)cs1. The first-order chi connectivity index (χ1) is 8.65. The third kappa shape index (κ3) is 3.07. The number of aromatic carboxylic acids is 1. The van der Waals surface area contributed by atoms with Crippen LogP contribution in [0.3, 0.4) is 0 Å². The van der Waals surface area contributed by atoms with Gasteiger partial charge < -0.3 is 15.5 Å². The zero-order valence-corrected chi connectivity index (χ0v) is 11.0. The average molecular weight is 270 g/mol. The molecule has 6 heteroatoms. The summed E-state index contributed by atoms with van der Waals surface area (Å²) >= 11 is 1.14. The standard InChI is InChI=1S/C12H18N2O3S/c15-8-12(4-2-1-3-5-12)13-6-9-7-18-10(14-9)11(16)17/h7,13,15H,1-6,8H2,(H,16,17). The third-order valence-corrected chi connectivity index (χ3v) is 4.37. The molecule has 0 aromatic carbocycles. The van der Waals surface area contributed by atoms with Crippen LogP contribution in [0.4, 0.5) is 0 Å². The molecule has 18 heavy (non-hydrogen) atoms. The first-order valence-electron chi connectivity index (χ1n) is 6.19. The topological polar surface area (TPSA) is 82.5 Å². The lowest BCUT2D eigenvalue weighted by Gasteiger charge is -2.36. The second kappa shape index (κ2) is 5.77. The molecule has 1 heterocycles. The lowest BCUT2D eigenvalue weighted by molar-refractivity contribution is 0.0696. The van der Waals surface area contributed by atoms with Crippen LogP contribution in [0.5, 0.6) is 0 Å². The van der Waals surface area contributed by atoms with Crippen LogP contribution in [-0.2, 0) is 6.54 Å². The predicted molar refractivity (Wildman–Crippen MR) is 68.8 cm³/mol. The Morgan fingerprint density at radius 2 is 2.17 bits per heavy atom. The molecule has 1 aliphatic carbocycles. The minimum Gasteiger partial charge on any atom is -0.476 e. The maximum absolute atomic E-state index is 10.7. The molecule has 0 atom stereocenters. The molecule has 1 saturated carbocycles. The molecular formula is C12H18N2O3S.